The van der Waals surface area contributed by atoms with Gasteiger partial charge in [-0.3, -0.25) is 9.59 Å². The molecular weight excluding hydrogens is 474 g/mol. The fourth-order valence-corrected chi connectivity index (χ4v) is 2.74. The number of aromatic hydroxyl groups is 1. The number of ether oxygens (including phenoxy) is 3. The Morgan fingerprint density at radius 2 is 1.64 bits per heavy atom. The van der Waals surface area contributed by atoms with Crippen LogP contribution in [0.2, 0.25) is 0 Å². The lowest BCUT2D eigenvalue weighted by molar-refractivity contribution is -0.147. The average molecular weight is 505 g/mol. The zero-order valence-electron chi connectivity index (χ0n) is 20.5. The number of methoxy groups -OCH3 is 2. The van der Waals surface area contributed by atoms with Crippen molar-refractivity contribution < 1.29 is 37.7 Å². The standard InChI is InChI=1S/C13H17FO3.C7H8N2O3.C6H5F/c1-4-13(15)17-9(2)7-10-5-6-11(14)8-12(10)16-3;1-12-4-2-3-9-5(6(4)10)7(8)11;7-6-4-2-1-3-5-6/h5-6,8-9H,4,7H2,1-3H3;2-3,10H,1H3,(H2,8,11);1-5H. The summed E-state index contributed by atoms with van der Waals surface area (Å²) in [6, 6.07) is 13.7. The van der Waals surface area contributed by atoms with Crippen molar-refractivity contribution in [2.45, 2.75) is 32.8 Å². The Hall–Kier alpha value is -4.21. The Kier molecular flexibility index (Phi) is 13.0. The summed E-state index contributed by atoms with van der Waals surface area (Å²) in [5.41, 5.74) is 5.56. The van der Waals surface area contributed by atoms with Crippen LogP contribution < -0.4 is 15.2 Å². The molecule has 1 amide bonds. The number of halogens is 2. The fourth-order valence-electron chi connectivity index (χ4n) is 2.74. The average Bonchev–Trinajstić information content (AvgIpc) is 2.86. The number of primary amides is 1. The summed E-state index contributed by atoms with van der Waals surface area (Å²) in [6.07, 6.45) is 1.94. The molecule has 3 N–H and O–H groups in total. The van der Waals surface area contributed by atoms with Crippen LogP contribution in [0.4, 0.5) is 8.78 Å². The molecule has 10 heteroatoms. The molecule has 0 aliphatic carbocycles. The number of nitrogens with zero attached hydrogens (tertiary/aromatic N) is 1. The quantitative estimate of drug-likeness (QED) is 0.456. The van der Waals surface area contributed by atoms with Crippen molar-refractivity contribution in [3.63, 3.8) is 0 Å². The first-order valence-corrected chi connectivity index (χ1v) is 10.9. The summed E-state index contributed by atoms with van der Waals surface area (Å²) < 4.78 is 39.8. The van der Waals surface area contributed by atoms with Crippen molar-refractivity contribution >= 4 is 11.9 Å². The van der Waals surface area contributed by atoms with E-state index in [1.807, 2.05) is 0 Å². The van der Waals surface area contributed by atoms with E-state index in [0.717, 1.165) is 5.56 Å². The van der Waals surface area contributed by atoms with Crippen LogP contribution in [0.25, 0.3) is 0 Å². The zero-order valence-corrected chi connectivity index (χ0v) is 20.5. The lowest BCUT2D eigenvalue weighted by Crippen LogP contribution is -2.16. The lowest BCUT2D eigenvalue weighted by atomic mass is 10.1. The van der Waals surface area contributed by atoms with Crippen molar-refractivity contribution in [3.8, 4) is 17.2 Å². The van der Waals surface area contributed by atoms with Gasteiger partial charge in [-0.15, -0.1) is 0 Å². The molecule has 0 aliphatic heterocycles. The molecule has 0 fully saturated rings. The number of rotatable bonds is 7. The number of carbonyl (C=O) groups excluding carboxylic acids is 2. The second-order valence-electron chi connectivity index (χ2n) is 7.18. The third-order valence-corrected chi connectivity index (χ3v) is 4.45. The normalized spacial score (nSPS) is 10.5. The molecule has 2 aromatic carbocycles. The maximum absolute atomic E-state index is 13.0. The molecule has 0 spiro atoms. The number of benzene rings is 2. The van der Waals surface area contributed by atoms with Gasteiger partial charge in [0.1, 0.15) is 23.5 Å². The maximum atomic E-state index is 13.0. The van der Waals surface area contributed by atoms with Crippen molar-refractivity contribution in [2.75, 3.05) is 14.2 Å². The van der Waals surface area contributed by atoms with E-state index in [-0.39, 0.29) is 40.9 Å². The lowest BCUT2D eigenvalue weighted by Gasteiger charge is -2.14. The van der Waals surface area contributed by atoms with Gasteiger partial charge in [-0.1, -0.05) is 31.2 Å². The Bertz CT molecular complexity index is 1110. The molecule has 1 aromatic heterocycles. The number of pyridine rings is 1. The number of amides is 1. The SMILES string of the molecule is CCC(=O)OC(C)Cc1ccc(F)cc1OC.COc1ccnc(C(N)=O)c1O.Fc1ccccc1. The molecule has 3 rings (SSSR count). The molecule has 194 valence electrons. The highest BCUT2D eigenvalue weighted by atomic mass is 19.1. The summed E-state index contributed by atoms with van der Waals surface area (Å²) in [7, 11) is 2.86. The summed E-state index contributed by atoms with van der Waals surface area (Å²) in [6.45, 7) is 3.55. The molecule has 0 saturated heterocycles. The minimum atomic E-state index is -0.786. The predicted molar refractivity (Wildman–Crippen MR) is 130 cm³/mol. The van der Waals surface area contributed by atoms with E-state index in [1.165, 1.54) is 50.7 Å². The fraction of sp³-hybridized carbons (Fsp3) is 0.269. The van der Waals surface area contributed by atoms with E-state index in [9.17, 15) is 23.5 Å². The largest absolute Gasteiger partial charge is 0.503 e. The highest BCUT2D eigenvalue weighted by molar-refractivity contribution is 5.94. The highest BCUT2D eigenvalue weighted by Gasteiger charge is 2.13. The molecule has 8 nitrogen and oxygen atoms in total. The van der Waals surface area contributed by atoms with Crippen LogP contribution in [0.15, 0.2) is 60.8 Å². The minimum absolute atomic E-state index is 0.178. The molecule has 0 bridgehead atoms. The number of hydrogen-bond donors (Lipinski definition) is 2. The van der Waals surface area contributed by atoms with Crippen molar-refractivity contribution in [1.82, 2.24) is 4.98 Å². The van der Waals surface area contributed by atoms with Crippen LogP contribution in [0.1, 0.15) is 36.3 Å². The second kappa shape index (κ2) is 15.6. The first kappa shape index (κ1) is 29.8. The van der Waals surface area contributed by atoms with Crippen molar-refractivity contribution in [2.24, 2.45) is 5.73 Å². The van der Waals surface area contributed by atoms with Gasteiger partial charge in [0.2, 0.25) is 0 Å². The van der Waals surface area contributed by atoms with E-state index in [0.29, 0.717) is 18.6 Å². The predicted octanol–water partition coefficient (Wildman–Crippen LogP) is 4.44. The number of nitrogens with two attached hydrogens (primary N) is 1. The zero-order chi connectivity index (χ0) is 27.1. The summed E-state index contributed by atoms with van der Waals surface area (Å²) in [5.74, 6) is -1.22. The molecule has 3 aromatic rings. The molecule has 0 saturated carbocycles. The number of aromatic nitrogens is 1. The summed E-state index contributed by atoms with van der Waals surface area (Å²) in [5, 5.41) is 9.27. The van der Waals surface area contributed by atoms with E-state index >= 15 is 0 Å². The molecule has 1 atom stereocenters. The molecule has 1 heterocycles. The van der Waals surface area contributed by atoms with Crippen molar-refractivity contribution in [1.29, 1.82) is 0 Å². The second-order valence-corrected chi connectivity index (χ2v) is 7.18. The topological polar surface area (TPSA) is 121 Å². The van der Waals surface area contributed by atoms with Gasteiger partial charge >= 0.3 is 5.97 Å². The Labute approximate surface area is 208 Å². The highest BCUT2D eigenvalue weighted by Crippen LogP contribution is 2.26. The van der Waals surface area contributed by atoms with Gasteiger partial charge in [0, 0.05) is 31.2 Å². The molecule has 1 unspecified atom stereocenters. The third-order valence-electron chi connectivity index (χ3n) is 4.45. The van der Waals surface area contributed by atoms with Gasteiger partial charge in [-0.2, -0.15) is 0 Å². The maximum Gasteiger partial charge on any atom is 0.305 e. The van der Waals surface area contributed by atoms with E-state index in [1.54, 1.807) is 38.1 Å². The molecule has 0 radical (unpaired) electrons. The smallest absolute Gasteiger partial charge is 0.305 e. The van der Waals surface area contributed by atoms with Gasteiger partial charge in [0.25, 0.3) is 5.91 Å². The van der Waals surface area contributed by atoms with Gasteiger partial charge in [0.05, 0.1) is 14.2 Å². The molecule has 0 aliphatic rings. The first-order valence-electron chi connectivity index (χ1n) is 10.9. The Balaban J connectivity index is 0.000000295. The summed E-state index contributed by atoms with van der Waals surface area (Å²) >= 11 is 0. The number of esters is 1. The van der Waals surface area contributed by atoms with Crippen LogP contribution in [-0.2, 0) is 16.0 Å². The van der Waals surface area contributed by atoms with Gasteiger partial charge in [-0.05, 0) is 30.7 Å². The Morgan fingerprint density at radius 1 is 1.00 bits per heavy atom. The minimum Gasteiger partial charge on any atom is -0.503 e. The van der Waals surface area contributed by atoms with Crippen LogP contribution >= 0.6 is 0 Å². The monoisotopic (exact) mass is 504 g/mol. The van der Waals surface area contributed by atoms with E-state index < -0.39 is 5.91 Å². The number of carbonyl (C=O) groups is 2. The van der Waals surface area contributed by atoms with Crippen LogP contribution in [0, 0.1) is 11.6 Å². The Morgan fingerprint density at radius 3 is 2.14 bits per heavy atom. The molecular formula is C26H30F2N2O6. The van der Waals surface area contributed by atoms with Gasteiger partial charge < -0.3 is 25.1 Å². The number of hydrogen-bond acceptors (Lipinski definition) is 7. The van der Waals surface area contributed by atoms with Crippen LogP contribution in [0.3, 0.4) is 0 Å². The van der Waals surface area contributed by atoms with E-state index in [2.05, 4.69) is 4.98 Å². The summed E-state index contributed by atoms with van der Waals surface area (Å²) in [4.78, 5) is 25.3. The first-order chi connectivity index (χ1) is 17.1. The van der Waals surface area contributed by atoms with Gasteiger partial charge in [0.15, 0.2) is 17.2 Å². The molecule has 36 heavy (non-hydrogen) atoms. The van der Waals surface area contributed by atoms with Gasteiger partial charge in [-0.25, -0.2) is 13.8 Å². The third kappa shape index (κ3) is 10.4. The van der Waals surface area contributed by atoms with Crippen molar-refractivity contribution in [3.05, 3.63) is 83.7 Å². The van der Waals surface area contributed by atoms with Crippen LogP contribution in [0.5, 0.6) is 17.2 Å². The van der Waals surface area contributed by atoms with E-state index in [4.69, 9.17) is 19.9 Å². The van der Waals surface area contributed by atoms with Crippen LogP contribution in [-0.4, -0.2) is 42.3 Å².